The lowest BCUT2D eigenvalue weighted by molar-refractivity contribution is 0.0673. The van der Waals surface area contributed by atoms with Gasteiger partial charge in [-0.2, -0.15) is 0 Å². The first-order chi connectivity index (χ1) is 6.20. The fourth-order valence-electron chi connectivity index (χ4n) is 0.769. The zero-order chi connectivity index (χ0) is 9.84. The highest BCUT2D eigenvalue weighted by Crippen LogP contribution is 2.09. The molecule has 0 atom stereocenters. The number of amides is 2. The summed E-state index contributed by atoms with van der Waals surface area (Å²) in [6.45, 7) is 0. The van der Waals surface area contributed by atoms with E-state index in [0.717, 1.165) is 12.5 Å². The van der Waals surface area contributed by atoms with Crippen LogP contribution in [-0.2, 0) is 0 Å². The summed E-state index contributed by atoms with van der Waals surface area (Å²) in [6, 6.07) is 0. The second-order valence-corrected chi connectivity index (χ2v) is 2.08. The van der Waals surface area contributed by atoms with Gasteiger partial charge in [-0.05, 0) is 0 Å². The van der Waals surface area contributed by atoms with Gasteiger partial charge in [-0.15, -0.1) is 0 Å². The zero-order valence-corrected chi connectivity index (χ0v) is 6.27. The van der Waals surface area contributed by atoms with Crippen molar-refractivity contribution in [3.05, 3.63) is 23.7 Å². The van der Waals surface area contributed by atoms with E-state index >= 15 is 0 Å². The highest BCUT2D eigenvalue weighted by molar-refractivity contribution is 6.06. The van der Waals surface area contributed by atoms with Crippen LogP contribution in [0.5, 0.6) is 0 Å². The third-order valence-electron chi connectivity index (χ3n) is 1.35. The maximum Gasteiger partial charge on any atom is 0.278 e. The number of hydrogen-bond donors (Lipinski definition) is 4. The van der Waals surface area contributed by atoms with E-state index in [2.05, 4.69) is 4.42 Å². The molecule has 7 nitrogen and oxygen atoms in total. The van der Waals surface area contributed by atoms with Gasteiger partial charge in [0.1, 0.15) is 12.5 Å². The van der Waals surface area contributed by atoms with Crippen molar-refractivity contribution in [2.75, 3.05) is 0 Å². The number of rotatable bonds is 2. The third kappa shape index (κ3) is 1.66. The molecule has 0 radical (unpaired) electrons. The first-order valence-electron chi connectivity index (χ1n) is 3.15. The standard InChI is InChI=1S/C6H6N2O5/c9-5(7-11)3-1-13-2-4(3)6(10)8-12/h1-2,11-12H,(H,7,9)(H,8,10). The van der Waals surface area contributed by atoms with Crippen molar-refractivity contribution in [2.45, 2.75) is 0 Å². The number of carbonyl (C=O) groups is 2. The summed E-state index contributed by atoms with van der Waals surface area (Å²) in [4.78, 5) is 21.7. The Morgan fingerprint density at radius 2 is 1.46 bits per heavy atom. The Hall–Kier alpha value is -1.86. The molecule has 70 valence electrons. The van der Waals surface area contributed by atoms with Gasteiger partial charge >= 0.3 is 0 Å². The van der Waals surface area contributed by atoms with Crippen molar-refractivity contribution in [1.82, 2.24) is 11.0 Å². The van der Waals surface area contributed by atoms with Crippen LogP contribution in [0.1, 0.15) is 20.7 Å². The first kappa shape index (κ1) is 9.23. The van der Waals surface area contributed by atoms with Gasteiger partial charge in [0.2, 0.25) is 0 Å². The van der Waals surface area contributed by atoms with Gasteiger partial charge in [0, 0.05) is 0 Å². The average Bonchev–Trinajstić information content (AvgIpc) is 2.63. The molecule has 0 unspecified atom stereocenters. The lowest BCUT2D eigenvalue weighted by atomic mass is 10.2. The maximum absolute atomic E-state index is 10.8. The van der Waals surface area contributed by atoms with Crippen LogP contribution in [-0.4, -0.2) is 22.2 Å². The van der Waals surface area contributed by atoms with Crippen LogP contribution in [0.15, 0.2) is 16.9 Å². The lowest BCUT2D eigenvalue weighted by Gasteiger charge is -1.97. The molecular weight excluding hydrogens is 180 g/mol. The molecule has 0 aromatic carbocycles. The summed E-state index contributed by atoms with van der Waals surface area (Å²) in [5.74, 6) is -1.79. The van der Waals surface area contributed by atoms with Crippen molar-refractivity contribution >= 4 is 11.8 Å². The van der Waals surface area contributed by atoms with E-state index in [1.165, 1.54) is 11.0 Å². The number of hydrogen-bond acceptors (Lipinski definition) is 5. The van der Waals surface area contributed by atoms with Crippen LogP contribution in [0.2, 0.25) is 0 Å². The molecule has 0 bridgehead atoms. The van der Waals surface area contributed by atoms with Crippen LogP contribution < -0.4 is 11.0 Å². The summed E-state index contributed by atoms with van der Waals surface area (Å²) in [7, 11) is 0. The van der Waals surface area contributed by atoms with Gasteiger partial charge in [0.05, 0.1) is 11.1 Å². The number of hydroxylamine groups is 2. The Labute approximate surface area is 71.9 Å². The van der Waals surface area contributed by atoms with E-state index in [9.17, 15) is 9.59 Å². The number of furan rings is 1. The second kappa shape index (κ2) is 3.70. The second-order valence-electron chi connectivity index (χ2n) is 2.08. The molecule has 0 saturated carbocycles. The fraction of sp³-hybridized carbons (Fsp3) is 0. The van der Waals surface area contributed by atoms with E-state index in [-0.39, 0.29) is 11.1 Å². The van der Waals surface area contributed by atoms with E-state index in [0.29, 0.717) is 0 Å². The average molecular weight is 186 g/mol. The minimum Gasteiger partial charge on any atom is -0.471 e. The molecule has 13 heavy (non-hydrogen) atoms. The van der Waals surface area contributed by atoms with Crippen molar-refractivity contribution in [3.63, 3.8) is 0 Å². The van der Waals surface area contributed by atoms with Gasteiger partial charge in [0.25, 0.3) is 11.8 Å². The molecule has 0 aliphatic heterocycles. The molecule has 0 aliphatic rings. The van der Waals surface area contributed by atoms with Crippen LogP contribution in [0.25, 0.3) is 0 Å². The van der Waals surface area contributed by atoms with E-state index in [1.807, 2.05) is 0 Å². The summed E-state index contributed by atoms with van der Waals surface area (Å²) < 4.78 is 4.55. The molecule has 1 aromatic rings. The predicted octanol–water partition coefficient (Wildman–Crippen LogP) is -0.482. The molecule has 0 saturated heterocycles. The molecule has 0 spiro atoms. The quantitative estimate of drug-likeness (QED) is 0.368. The highest BCUT2D eigenvalue weighted by Gasteiger charge is 2.18. The van der Waals surface area contributed by atoms with Crippen LogP contribution in [0.4, 0.5) is 0 Å². The van der Waals surface area contributed by atoms with Crippen molar-refractivity contribution < 1.29 is 24.4 Å². The van der Waals surface area contributed by atoms with Crippen molar-refractivity contribution in [2.24, 2.45) is 0 Å². The Morgan fingerprint density at radius 1 is 1.08 bits per heavy atom. The fourth-order valence-corrected chi connectivity index (χ4v) is 0.769. The highest BCUT2D eigenvalue weighted by atomic mass is 16.5. The smallest absolute Gasteiger partial charge is 0.278 e. The minimum absolute atomic E-state index is 0.172. The summed E-state index contributed by atoms with van der Waals surface area (Å²) in [5.41, 5.74) is 2.31. The van der Waals surface area contributed by atoms with Gasteiger partial charge in [0.15, 0.2) is 0 Å². The molecule has 0 aliphatic carbocycles. The summed E-state index contributed by atoms with van der Waals surface area (Å²) in [5, 5.41) is 16.5. The Bertz CT molecular complexity index is 301. The Morgan fingerprint density at radius 3 is 1.77 bits per heavy atom. The Kier molecular flexibility index (Phi) is 2.62. The normalized spacial score (nSPS) is 9.38. The Balaban J connectivity index is 3.02. The van der Waals surface area contributed by atoms with Crippen LogP contribution >= 0.6 is 0 Å². The van der Waals surface area contributed by atoms with E-state index in [4.69, 9.17) is 10.4 Å². The van der Waals surface area contributed by atoms with Crippen molar-refractivity contribution in [1.29, 1.82) is 0 Å². The van der Waals surface area contributed by atoms with Crippen LogP contribution in [0.3, 0.4) is 0 Å². The topological polar surface area (TPSA) is 112 Å². The number of nitrogens with one attached hydrogen (secondary N) is 2. The zero-order valence-electron chi connectivity index (χ0n) is 6.27. The maximum atomic E-state index is 10.8. The minimum atomic E-state index is -0.896. The molecule has 1 rings (SSSR count). The molecule has 1 heterocycles. The molecule has 1 aromatic heterocycles. The molecule has 4 N–H and O–H groups in total. The molecular formula is C6H6N2O5. The first-order valence-corrected chi connectivity index (χ1v) is 3.15. The van der Waals surface area contributed by atoms with Gasteiger partial charge in [-0.25, -0.2) is 11.0 Å². The third-order valence-corrected chi connectivity index (χ3v) is 1.35. The summed E-state index contributed by atoms with van der Waals surface area (Å²) in [6.07, 6.45) is 1.94. The van der Waals surface area contributed by atoms with Crippen LogP contribution in [0, 0.1) is 0 Å². The lowest BCUT2D eigenvalue weighted by Crippen LogP contribution is -2.24. The SMILES string of the molecule is O=C(NO)c1cocc1C(=O)NO. The molecule has 2 amide bonds. The molecule has 0 fully saturated rings. The molecule has 7 heteroatoms. The predicted molar refractivity (Wildman–Crippen MR) is 37.2 cm³/mol. The van der Waals surface area contributed by atoms with Gasteiger partial charge < -0.3 is 4.42 Å². The van der Waals surface area contributed by atoms with Gasteiger partial charge in [-0.3, -0.25) is 20.0 Å². The van der Waals surface area contributed by atoms with Crippen molar-refractivity contribution in [3.8, 4) is 0 Å². The largest absolute Gasteiger partial charge is 0.471 e. The number of carbonyl (C=O) groups excluding carboxylic acids is 2. The van der Waals surface area contributed by atoms with E-state index in [1.54, 1.807) is 0 Å². The monoisotopic (exact) mass is 186 g/mol. The van der Waals surface area contributed by atoms with Gasteiger partial charge in [-0.1, -0.05) is 0 Å². The summed E-state index contributed by atoms with van der Waals surface area (Å²) >= 11 is 0. The van der Waals surface area contributed by atoms with E-state index < -0.39 is 11.8 Å².